The van der Waals surface area contributed by atoms with Crippen LogP contribution in [-0.2, 0) is 22.7 Å². The number of benzene rings is 2. The zero-order chi connectivity index (χ0) is 29.6. The first-order valence-corrected chi connectivity index (χ1v) is 14.1. The topological polar surface area (TPSA) is 141 Å². The summed E-state index contributed by atoms with van der Waals surface area (Å²) in [5, 5.41) is 10.0. The van der Waals surface area contributed by atoms with Crippen LogP contribution < -0.4 is 20.1 Å². The number of piperidine rings is 1. The van der Waals surface area contributed by atoms with Crippen molar-refractivity contribution in [2.45, 2.75) is 38.1 Å². The molecule has 0 saturated carbocycles. The van der Waals surface area contributed by atoms with Crippen molar-refractivity contribution >= 4 is 17.7 Å². The lowest BCUT2D eigenvalue weighted by molar-refractivity contribution is -0.134. The number of aryl methyl sites for hydroxylation is 1. The summed E-state index contributed by atoms with van der Waals surface area (Å²) >= 11 is 0. The first-order valence-electron chi connectivity index (χ1n) is 14.1. The smallest absolute Gasteiger partial charge is 0.258 e. The fraction of sp³-hybridized carbons (Fsp3) is 0.290. The molecule has 0 spiro atoms. The number of nitrogens with zero attached hydrogens (tertiary/aromatic N) is 5. The second-order valence-corrected chi connectivity index (χ2v) is 10.5. The summed E-state index contributed by atoms with van der Waals surface area (Å²) in [6.45, 7) is 1.42. The Morgan fingerprint density at radius 3 is 2.67 bits per heavy atom. The summed E-state index contributed by atoms with van der Waals surface area (Å²) in [5.41, 5.74) is 2.78. The van der Waals surface area contributed by atoms with Crippen LogP contribution in [0.15, 0.2) is 79.6 Å². The predicted molar refractivity (Wildman–Crippen MR) is 155 cm³/mol. The van der Waals surface area contributed by atoms with E-state index >= 15 is 0 Å². The van der Waals surface area contributed by atoms with Gasteiger partial charge in [0.25, 0.3) is 11.8 Å². The lowest BCUT2D eigenvalue weighted by Gasteiger charge is -2.39. The Kier molecular flexibility index (Phi) is 8.25. The van der Waals surface area contributed by atoms with Crippen LogP contribution in [0.3, 0.4) is 0 Å². The number of hydrogen-bond acceptors (Lipinski definition) is 8. The number of hydrogen-bond donors (Lipinski definition) is 2. The van der Waals surface area contributed by atoms with Gasteiger partial charge in [-0.2, -0.15) is 5.10 Å². The molecule has 5 heterocycles. The van der Waals surface area contributed by atoms with Crippen LogP contribution >= 0.6 is 0 Å². The zero-order valence-corrected chi connectivity index (χ0v) is 23.4. The highest BCUT2D eigenvalue weighted by Gasteiger charge is 2.34. The maximum absolute atomic E-state index is 13.6. The summed E-state index contributed by atoms with van der Waals surface area (Å²) in [5.74, 6) is 0.554. The molecule has 12 heteroatoms. The molecular formula is C31H31N7O5. The van der Waals surface area contributed by atoms with E-state index in [9.17, 15) is 14.4 Å². The second-order valence-electron chi connectivity index (χ2n) is 10.5. The molecule has 220 valence electrons. The van der Waals surface area contributed by atoms with Gasteiger partial charge in [-0.05, 0) is 41.5 Å². The largest absolute Gasteiger partial charge is 0.488 e. The van der Waals surface area contributed by atoms with Gasteiger partial charge in [0.05, 0.1) is 18.2 Å². The molecule has 0 aliphatic carbocycles. The van der Waals surface area contributed by atoms with Gasteiger partial charge in [0.15, 0.2) is 6.61 Å². The number of ether oxygens (including phenoxy) is 2. The van der Waals surface area contributed by atoms with E-state index in [0.29, 0.717) is 49.7 Å². The first-order chi connectivity index (χ1) is 21.0. The molecule has 7 rings (SSSR count). The van der Waals surface area contributed by atoms with E-state index in [1.165, 1.54) is 12.5 Å². The van der Waals surface area contributed by atoms with E-state index in [2.05, 4.69) is 25.7 Å². The molecule has 0 radical (unpaired) electrons. The van der Waals surface area contributed by atoms with Crippen LogP contribution in [0.25, 0.3) is 11.1 Å². The normalized spacial score (nSPS) is 18.8. The summed E-state index contributed by atoms with van der Waals surface area (Å²) in [7, 11) is 0. The Morgan fingerprint density at radius 2 is 1.84 bits per heavy atom. The average Bonchev–Trinajstić information content (AvgIpc) is 3.57. The summed E-state index contributed by atoms with van der Waals surface area (Å²) in [6.07, 6.45) is 6.61. The van der Waals surface area contributed by atoms with Gasteiger partial charge in [0.2, 0.25) is 5.91 Å². The third-order valence-corrected chi connectivity index (χ3v) is 7.48. The number of amides is 3. The Balaban J connectivity index is 1.26. The third kappa shape index (κ3) is 6.97. The van der Waals surface area contributed by atoms with E-state index in [1.807, 2.05) is 36.4 Å². The molecule has 2 atom stereocenters. The summed E-state index contributed by atoms with van der Waals surface area (Å²) in [6, 6.07) is 16.0. The van der Waals surface area contributed by atoms with Crippen molar-refractivity contribution in [1.82, 2.24) is 35.3 Å². The number of carbonyl (C=O) groups is 3. The van der Waals surface area contributed by atoms with Gasteiger partial charge in [-0.25, -0.2) is 4.98 Å². The third-order valence-electron chi connectivity index (χ3n) is 7.48. The van der Waals surface area contributed by atoms with Gasteiger partial charge in [0.1, 0.15) is 30.3 Å². The minimum Gasteiger partial charge on any atom is -0.488 e. The molecule has 12 nitrogen and oxygen atoms in total. The molecule has 1 fully saturated rings. The van der Waals surface area contributed by atoms with Gasteiger partial charge in [0, 0.05) is 50.4 Å². The van der Waals surface area contributed by atoms with Crippen LogP contribution in [-0.4, -0.2) is 74.2 Å². The fourth-order valence-electron chi connectivity index (χ4n) is 5.15. The van der Waals surface area contributed by atoms with Crippen LogP contribution in [0.5, 0.6) is 11.5 Å². The quantitative estimate of drug-likeness (QED) is 0.375. The molecule has 0 unspecified atom stereocenters. The molecule has 3 amide bonds. The SMILES string of the molecule is O=C1COc2cccc(c2)-c2cncc(c2)C(=O)N[C@@H]2CN(C(=O)CCn3cncn3)CC[C@@H]2Oc2ccc(cc2)CN1. The number of rotatable bonds is 3. The Morgan fingerprint density at radius 1 is 0.977 bits per heavy atom. The maximum Gasteiger partial charge on any atom is 0.258 e. The molecule has 6 bridgehead atoms. The van der Waals surface area contributed by atoms with Gasteiger partial charge >= 0.3 is 0 Å². The molecule has 3 aliphatic heterocycles. The van der Waals surface area contributed by atoms with E-state index in [-0.39, 0.29) is 36.9 Å². The minimum absolute atomic E-state index is 0.0354. The van der Waals surface area contributed by atoms with Crippen molar-refractivity contribution in [2.24, 2.45) is 0 Å². The molecule has 4 aromatic rings. The van der Waals surface area contributed by atoms with Crippen LogP contribution in [0.4, 0.5) is 0 Å². The molecule has 2 aromatic carbocycles. The van der Waals surface area contributed by atoms with Gasteiger partial charge < -0.3 is 25.0 Å². The molecule has 3 aliphatic rings. The Labute approximate surface area is 248 Å². The molecular weight excluding hydrogens is 550 g/mol. The molecule has 2 aromatic heterocycles. The van der Waals surface area contributed by atoms with Crippen LogP contribution in [0, 0.1) is 0 Å². The van der Waals surface area contributed by atoms with Crippen molar-refractivity contribution in [3.05, 3.63) is 90.8 Å². The highest BCUT2D eigenvalue weighted by Crippen LogP contribution is 2.25. The lowest BCUT2D eigenvalue weighted by Crippen LogP contribution is -2.58. The number of pyridine rings is 1. The predicted octanol–water partition coefficient (Wildman–Crippen LogP) is 2.22. The van der Waals surface area contributed by atoms with Crippen LogP contribution in [0.2, 0.25) is 0 Å². The average molecular weight is 582 g/mol. The minimum atomic E-state index is -0.471. The lowest BCUT2D eigenvalue weighted by atomic mass is 10.00. The Hall–Kier alpha value is -5.26. The monoisotopic (exact) mass is 581 g/mol. The highest BCUT2D eigenvalue weighted by atomic mass is 16.5. The second kappa shape index (κ2) is 12.7. The Bertz CT molecular complexity index is 1590. The number of carbonyl (C=O) groups excluding carboxylic acids is 3. The fourth-order valence-corrected chi connectivity index (χ4v) is 5.15. The van der Waals surface area contributed by atoms with Crippen LogP contribution in [0.1, 0.15) is 28.8 Å². The zero-order valence-electron chi connectivity index (χ0n) is 23.4. The van der Waals surface area contributed by atoms with E-state index in [1.54, 1.807) is 40.3 Å². The number of nitrogens with one attached hydrogen (secondary N) is 2. The van der Waals surface area contributed by atoms with Crippen molar-refractivity contribution in [3.63, 3.8) is 0 Å². The van der Waals surface area contributed by atoms with Gasteiger partial charge in [-0.1, -0.05) is 24.3 Å². The van der Waals surface area contributed by atoms with E-state index in [4.69, 9.17) is 9.47 Å². The van der Waals surface area contributed by atoms with Gasteiger partial charge in [-0.3, -0.25) is 24.0 Å². The molecule has 2 N–H and O–H groups in total. The first kappa shape index (κ1) is 27.9. The summed E-state index contributed by atoms with van der Waals surface area (Å²) < 4.78 is 13.7. The van der Waals surface area contributed by atoms with Gasteiger partial charge in [-0.15, -0.1) is 0 Å². The van der Waals surface area contributed by atoms with Crippen molar-refractivity contribution in [2.75, 3.05) is 19.7 Å². The molecule has 43 heavy (non-hydrogen) atoms. The van der Waals surface area contributed by atoms with Crippen molar-refractivity contribution in [3.8, 4) is 22.6 Å². The van der Waals surface area contributed by atoms with Crippen molar-refractivity contribution in [1.29, 1.82) is 0 Å². The highest BCUT2D eigenvalue weighted by molar-refractivity contribution is 5.95. The maximum atomic E-state index is 13.6. The number of aromatic nitrogens is 4. The van der Waals surface area contributed by atoms with E-state index < -0.39 is 6.04 Å². The standard InChI is InChI=1S/C31H31N7O5/c39-29-18-42-26-3-1-2-22(13-26)23-12-24(16-32-15-23)31(41)36-27-17-37(30(40)9-11-38-20-33-19-35-38)10-8-28(27)43-25-6-4-21(5-7-25)14-34-29/h1-7,12-13,15-16,19-20,27-28H,8-11,14,17-18H2,(H,34,39)(H,36,41)/t27-,28+/m1/s1. The summed E-state index contributed by atoms with van der Waals surface area (Å²) in [4.78, 5) is 49.1. The number of fused-ring (bicyclic) bond motifs is 7. The number of likely N-dealkylation sites (tertiary alicyclic amines) is 1. The van der Waals surface area contributed by atoms with Crippen molar-refractivity contribution < 1.29 is 23.9 Å². The van der Waals surface area contributed by atoms with E-state index in [0.717, 1.165) is 16.7 Å². The molecule has 1 saturated heterocycles.